The summed E-state index contributed by atoms with van der Waals surface area (Å²) in [6.07, 6.45) is 6.10. The van der Waals surface area contributed by atoms with Gasteiger partial charge in [0, 0.05) is 20.1 Å². The molecule has 0 unspecified atom stereocenters. The molecule has 0 spiro atoms. The van der Waals surface area contributed by atoms with Crippen LogP contribution in [0.5, 0.6) is 17.2 Å². The van der Waals surface area contributed by atoms with E-state index in [2.05, 4.69) is 27.6 Å². The van der Waals surface area contributed by atoms with Gasteiger partial charge in [-0.1, -0.05) is 30.2 Å². The Balaban J connectivity index is 0.00000420. The average Bonchev–Trinajstić information content (AvgIpc) is 2.74. The predicted molar refractivity (Wildman–Crippen MR) is 128 cm³/mol. The van der Waals surface area contributed by atoms with Gasteiger partial charge < -0.3 is 24.8 Å². The highest BCUT2D eigenvalue weighted by Gasteiger charge is 2.07. The summed E-state index contributed by atoms with van der Waals surface area (Å²) >= 11 is 0. The topological polar surface area (TPSA) is 64.1 Å². The molecule has 0 aliphatic heterocycles. The van der Waals surface area contributed by atoms with E-state index in [1.165, 1.54) is 0 Å². The van der Waals surface area contributed by atoms with Gasteiger partial charge in [-0.25, -0.2) is 0 Å². The van der Waals surface area contributed by atoms with Crippen LogP contribution in [0.2, 0.25) is 0 Å². The molecule has 0 amide bonds. The lowest BCUT2D eigenvalue weighted by atomic mass is 10.1. The number of para-hydroxylation sites is 1. The van der Waals surface area contributed by atoms with Gasteiger partial charge in [-0.2, -0.15) is 0 Å². The lowest BCUT2D eigenvalue weighted by molar-refractivity contribution is 0.330. The molecule has 0 bridgehead atoms. The molecule has 0 aliphatic carbocycles. The van der Waals surface area contributed by atoms with Crippen molar-refractivity contribution in [1.82, 2.24) is 10.6 Å². The molecule has 2 N–H and O–H groups in total. The van der Waals surface area contributed by atoms with Gasteiger partial charge in [0.2, 0.25) is 0 Å². The standard InChI is InChI=1S/C22H27N3O3.HI/c1-5-14-28-21-15-17(10-11-20(21)27-4)16-25-22(23-2)24-13-12-18-8-6-7-9-19(18)26-3;/h1,6-11,15H,12-14,16H2,2-4H3,(H2,23,24,25);1H. The summed E-state index contributed by atoms with van der Waals surface area (Å²) in [5.74, 6) is 5.35. The molecule has 0 radical (unpaired) electrons. The van der Waals surface area contributed by atoms with Crippen molar-refractivity contribution in [3.8, 4) is 29.6 Å². The van der Waals surface area contributed by atoms with Crippen LogP contribution in [-0.4, -0.2) is 40.4 Å². The monoisotopic (exact) mass is 509 g/mol. The SMILES string of the molecule is C#CCOc1cc(CNC(=NC)NCCc2ccccc2OC)ccc1OC.I. The Labute approximate surface area is 190 Å². The molecular formula is C22H28IN3O3. The smallest absolute Gasteiger partial charge is 0.191 e. The van der Waals surface area contributed by atoms with Crippen molar-refractivity contribution in [2.75, 3.05) is 34.4 Å². The lowest BCUT2D eigenvalue weighted by Gasteiger charge is -2.14. The van der Waals surface area contributed by atoms with E-state index in [-0.39, 0.29) is 30.6 Å². The van der Waals surface area contributed by atoms with Crippen LogP contribution >= 0.6 is 24.0 Å². The van der Waals surface area contributed by atoms with E-state index in [1.807, 2.05) is 36.4 Å². The molecule has 2 rings (SSSR count). The zero-order chi connectivity index (χ0) is 20.2. The van der Waals surface area contributed by atoms with Crippen molar-refractivity contribution in [1.29, 1.82) is 0 Å². The number of guanidine groups is 1. The van der Waals surface area contributed by atoms with E-state index in [0.29, 0.717) is 18.0 Å². The first kappa shape index (κ1) is 24.4. The normalized spacial score (nSPS) is 10.3. The van der Waals surface area contributed by atoms with Gasteiger partial charge in [-0.05, 0) is 35.7 Å². The predicted octanol–water partition coefficient (Wildman–Crippen LogP) is 3.24. The molecule has 29 heavy (non-hydrogen) atoms. The molecule has 0 fully saturated rings. The Morgan fingerprint density at radius 3 is 2.48 bits per heavy atom. The van der Waals surface area contributed by atoms with Gasteiger partial charge in [-0.15, -0.1) is 30.4 Å². The zero-order valence-electron chi connectivity index (χ0n) is 17.0. The summed E-state index contributed by atoms with van der Waals surface area (Å²) in [6.45, 7) is 1.52. The van der Waals surface area contributed by atoms with Gasteiger partial charge in [0.1, 0.15) is 12.4 Å². The first-order valence-electron chi connectivity index (χ1n) is 9.01. The van der Waals surface area contributed by atoms with Crippen LogP contribution in [0.4, 0.5) is 0 Å². The number of hydrogen-bond donors (Lipinski definition) is 2. The Morgan fingerprint density at radius 2 is 1.79 bits per heavy atom. The van der Waals surface area contributed by atoms with Gasteiger partial charge in [0.05, 0.1) is 14.2 Å². The van der Waals surface area contributed by atoms with E-state index < -0.39 is 0 Å². The van der Waals surface area contributed by atoms with Crippen LogP contribution in [0.25, 0.3) is 0 Å². The highest BCUT2D eigenvalue weighted by molar-refractivity contribution is 14.0. The number of rotatable bonds is 9. The number of terminal acetylenes is 1. The Kier molecular flexibility index (Phi) is 11.4. The molecule has 156 valence electrons. The van der Waals surface area contributed by atoms with Crippen LogP contribution < -0.4 is 24.8 Å². The number of ether oxygens (including phenoxy) is 3. The highest BCUT2D eigenvalue weighted by Crippen LogP contribution is 2.28. The third-order valence-corrected chi connectivity index (χ3v) is 4.10. The quantitative estimate of drug-likeness (QED) is 0.235. The van der Waals surface area contributed by atoms with E-state index in [0.717, 1.165) is 35.8 Å². The molecule has 0 atom stereocenters. The molecule has 0 saturated heterocycles. The molecule has 0 aliphatic rings. The molecule has 0 heterocycles. The van der Waals surface area contributed by atoms with Gasteiger partial charge in [-0.3, -0.25) is 4.99 Å². The molecule has 7 heteroatoms. The summed E-state index contributed by atoms with van der Waals surface area (Å²) in [5, 5.41) is 6.60. The maximum atomic E-state index is 5.54. The molecule has 2 aromatic rings. The van der Waals surface area contributed by atoms with E-state index in [1.54, 1.807) is 21.3 Å². The van der Waals surface area contributed by atoms with E-state index in [9.17, 15) is 0 Å². The first-order valence-corrected chi connectivity index (χ1v) is 9.01. The minimum Gasteiger partial charge on any atom is -0.496 e. The second kappa shape index (κ2) is 13.6. The van der Waals surface area contributed by atoms with Crippen molar-refractivity contribution < 1.29 is 14.2 Å². The second-order valence-electron chi connectivity index (χ2n) is 5.89. The fourth-order valence-corrected chi connectivity index (χ4v) is 2.69. The summed E-state index contributed by atoms with van der Waals surface area (Å²) in [7, 11) is 5.03. The third-order valence-electron chi connectivity index (χ3n) is 4.10. The van der Waals surface area contributed by atoms with Crippen molar-refractivity contribution in [3.63, 3.8) is 0 Å². The van der Waals surface area contributed by atoms with E-state index >= 15 is 0 Å². The summed E-state index contributed by atoms with van der Waals surface area (Å²) in [6, 6.07) is 13.7. The fraction of sp³-hybridized carbons (Fsp3) is 0.318. The van der Waals surface area contributed by atoms with Crippen LogP contribution in [0.1, 0.15) is 11.1 Å². The number of halogens is 1. The lowest BCUT2D eigenvalue weighted by Crippen LogP contribution is -2.37. The maximum Gasteiger partial charge on any atom is 0.191 e. The van der Waals surface area contributed by atoms with Crippen LogP contribution in [0, 0.1) is 12.3 Å². The molecule has 0 aromatic heterocycles. The zero-order valence-corrected chi connectivity index (χ0v) is 19.4. The van der Waals surface area contributed by atoms with Crippen LogP contribution in [-0.2, 0) is 13.0 Å². The molecule has 0 saturated carbocycles. The summed E-state index contributed by atoms with van der Waals surface area (Å²) in [5.41, 5.74) is 2.18. The first-order chi connectivity index (χ1) is 13.7. The van der Waals surface area contributed by atoms with Crippen molar-refractivity contribution in [2.45, 2.75) is 13.0 Å². The largest absolute Gasteiger partial charge is 0.496 e. The number of benzene rings is 2. The Morgan fingerprint density at radius 1 is 1.03 bits per heavy atom. The van der Waals surface area contributed by atoms with Gasteiger partial charge in [0.25, 0.3) is 0 Å². The summed E-state index contributed by atoms with van der Waals surface area (Å²) < 4.78 is 16.2. The minimum absolute atomic E-state index is 0. The second-order valence-corrected chi connectivity index (χ2v) is 5.89. The molecule has 2 aromatic carbocycles. The number of hydrogen-bond acceptors (Lipinski definition) is 4. The average molecular weight is 509 g/mol. The number of methoxy groups -OCH3 is 2. The number of aliphatic imine (C=N–C) groups is 1. The third kappa shape index (κ3) is 7.74. The van der Waals surface area contributed by atoms with E-state index in [4.69, 9.17) is 20.6 Å². The maximum absolute atomic E-state index is 5.54. The Hall–Kier alpha value is -2.60. The number of nitrogens with one attached hydrogen (secondary N) is 2. The van der Waals surface area contributed by atoms with Crippen LogP contribution in [0.15, 0.2) is 47.5 Å². The van der Waals surface area contributed by atoms with Crippen molar-refractivity contribution in [2.24, 2.45) is 4.99 Å². The Bertz CT molecular complexity index is 834. The minimum atomic E-state index is 0. The fourth-order valence-electron chi connectivity index (χ4n) is 2.69. The van der Waals surface area contributed by atoms with Crippen LogP contribution in [0.3, 0.4) is 0 Å². The van der Waals surface area contributed by atoms with Gasteiger partial charge >= 0.3 is 0 Å². The van der Waals surface area contributed by atoms with Crippen molar-refractivity contribution in [3.05, 3.63) is 53.6 Å². The molecular weight excluding hydrogens is 481 g/mol. The van der Waals surface area contributed by atoms with Crippen molar-refractivity contribution >= 4 is 29.9 Å². The van der Waals surface area contributed by atoms with Gasteiger partial charge in [0.15, 0.2) is 17.5 Å². The number of nitrogens with zero attached hydrogens (tertiary/aromatic N) is 1. The summed E-state index contributed by atoms with van der Waals surface area (Å²) in [4.78, 5) is 4.26. The highest BCUT2D eigenvalue weighted by atomic mass is 127. The molecule has 6 nitrogen and oxygen atoms in total.